The van der Waals surface area contributed by atoms with Crippen molar-refractivity contribution in [3.05, 3.63) is 33.6 Å². The monoisotopic (exact) mass is 251 g/mol. The molecule has 0 fully saturated rings. The van der Waals surface area contributed by atoms with Crippen molar-refractivity contribution in [3.63, 3.8) is 0 Å². The third kappa shape index (κ3) is 3.04. The van der Waals surface area contributed by atoms with Crippen LogP contribution in [0.2, 0.25) is 0 Å². The maximum Gasteiger partial charge on any atom is 0.290 e. The van der Waals surface area contributed by atoms with Crippen LogP contribution in [0.25, 0.3) is 0 Å². The Labute approximate surface area is 108 Å². The largest absolute Gasteiger partial charge is 0.317 e. The zero-order chi connectivity index (χ0) is 13.9. The molecular formula is C13H21N3O2. The van der Waals surface area contributed by atoms with Crippen molar-refractivity contribution in [2.75, 3.05) is 7.05 Å². The van der Waals surface area contributed by atoms with Gasteiger partial charge >= 0.3 is 0 Å². The van der Waals surface area contributed by atoms with Crippen LogP contribution in [0.3, 0.4) is 0 Å². The number of aryl methyl sites for hydroxylation is 1. The van der Waals surface area contributed by atoms with E-state index in [1.807, 2.05) is 13.1 Å². The Hall–Kier alpha value is -1.49. The van der Waals surface area contributed by atoms with E-state index in [2.05, 4.69) is 31.1 Å². The summed E-state index contributed by atoms with van der Waals surface area (Å²) >= 11 is 0. The van der Waals surface area contributed by atoms with Crippen molar-refractivity contribution in [2.45, 2.75) is 39.7 Å². The van der Waals surface area contributed by atoms with E-state index in [9.17, 15) is 10.1 Å². The highest BCUT2D eigenvalue weighted by atomic mass is 16.6. The lowest BCUT2D eigenvalue weighted by Gasteiger charge is -2.26. The molecule has 0 aliphatic carbocycles. The Balaban J connectivity index is 3.15. The smallest absolute Gasteiger partial charge is 0.290 e. The molecule has 0 spiro atoms. The van der Waals surface area contributed by atoms with E-state index < -0.39 is 4.92 Å². The second-order valence-corrected chi connectivity index (χ2v) is 5.00. The van der Waals surface area contributed by atoms with Gasteiger partial charge in [-0.15, -0.1) is 0 Å². The minimum absolute atomic E-state index is 0.0818. The summed E-state index contributed by atoms with van der Waals surface area (Å²) in [4.78, 5) is 14.7. The van der Waals surface area contributed by atoms with E-state index in [1.165, 1.54) is 6.20 Å². The number of rotatable bonds is 5. The van der Waals surface area contributed by atoms with Crippen LogP contribution >= 0.6 is 0 Å². The van der Waals surface area contributed by atoms with Crippen LogP contribution < -0.4 is 5.32 Å². The molecule has 5 nitrogen and oxygen atoms in total. The molecule has 100 valence electrons. The molecule has 0 saturated carbocycles. The second-order valence-electron chi connectivity index (χ2n) is 5.00. The van der Waals surface area contributed by atoms with Crippen molar-refractivity contribution in [1.29, 1.82) is 0 Å². The Bertz CT molecular complexity index is 432. The third-order valence-electron chi connectivity index (χ3n) is 3.35. The van der Waals surface area contributed by atoms with Gasteiger partial charge in [0.2, 0.25) is 0 Å². The van der Waals surface area contributed by atoms with Gasteiger partial charge in [-0.1, -0.05) is 13.8 Å². The molecule has 0 aromatic carbocycles. The van der Waals surface area contributed by atoms with Crippen LogP contribution in [0.5, 0.6) is 0 Å². The molecule has 2 atom stereocenters. The van der Waals surface area contributed by atoms with Gasteiger partial charge in [0.1, 0.15) is 6.20 Å². The SMILES string of the molecule is CNC(C)C(c1cc(C)c([N+](=O)[O-])cn1)C(C)C. The fourth-order valence-corrected chi connectivity index (χ4v) is 2.30. The van der Waals surface area contributed by atoms with Crippen LogP contribution in [-0.4, -0.2) is 23.0 Å². The number of aromatic nitrogens is 1. The zero-order valence-corrected chi connectivity index (χ0v) is 11.6. The average molecular weight is 251 g/mol. The number of hydrogen-bond acceptors (Lipinski definition) is 4. The molecule has 0 aliphatic rings. The summed E-state index contributed by atoms with van der Waals surface area (Å²) in [6, 6.07) is 2.11. The second kappa shape index (κ2) is 5.91. The molecule has 0 aliphatic heterocycles. The summed E-state index contributed by atoms with van der Waals surface area (Å²) in [5.41, 5.74) is 1.66. The minimum atomic E-state index is -0.391. The van der Waals surface area contributed by atoms with Gasteiger partial charge < -0.3 is 5.32 Å². The number of nitrogens with one attached hydrogen (secondary N) is 1. The fraction of sp³-hybridized carbons (Fsp3) is 0.615. The van der Waals surface area contributed by atoms with Crippen LogP contribution in [0, 0.1) is 23.0 Å². The Morgan fingerprint density at radius 1 is 1.39 bits per heavy atom. The van der Waals surface area contributed by atoms with E-state index in [1.54, 1.807) is 6.92 Å². The van der Waals surface area contributed by atoms with Crippen molar-refractivity contribution in [3.8, 4) is 0 Å². The van der Waals surface area contributed by atoms with Gasteiger partial charge in [0.25, 0.3) is 5.69 Å². The van der Waals surface area contributed by atoms with Gasteiger partial charge in [-0.25, -0.2) is 0 Å². The first-order valence-corrected chi connectivity index (χ1v) is 6.16. The van der Waals surface area contributed by atoms with Gasteiger partial charge in [0, 0.05) is 23.2 Å². The molecule has 1 aromatic rings. The predicted octanol–water partition coefficient (Wildman–Crippen LogP) is 2.65. The fourth-order valence-electron chi connectivity index (χ4n) is 2.30. The summed E-state index contributed by atoms with van der Waals surface area (Å²) < 4.78 is 0. The number of likely N-dealkylation sites (N-methyl/N-ethyl adjacent to an activating group) is 1. The van der Waals surface area contributed by atoms with Gasteiger partial charge in [-0.05, 0) is 32.9 Å². The van der Waals surface area contributed by atoms with E-state index in [-0.39, 0.29) is 17.6 Å². The summed E-state index contributed by atoms with van der Waals surface area (Å²) in [5.74, 6) is 0.662. The number of nitro groups is 1. The number of pyridine rings is 1. The predicted molar refractivity (Wildman–Crippen MR) is 71.7 cm³/mol. The van der Waals surface area contributed by atoms with E-state index in [0.717, 1.165) is 5.69 Å². The van der Waals surface area contributed by atoms with Crippen LogP contribution in [0.4, 0.5) is 5.69 Å². The molecule has 1 N–H and O–H groups in total. The van der Waals surface area contributed by atoms with Gasteiger partial charge in [-0.3, -0.25) is 15.1 Å². The molecule has 0 radical (unpaired) electrons. The summed E-state index contributed by atoms with van der Waals surface area (Å²) in [7, 11) is 1.91. The number of nitrogens with zero attached hydrogens (tertiary/aromatic N) is 2. The topological polar surface area (TPSA) is 68.1 Å². The van der Waals surface area contributed by atoms with Crippen LogP contribution in [0.15, 0.2) is 12.3 Å². The lowest BCUT2D eigenvalue weighted by molar-refractivity contribution is -0.385. The van der Waals surface area contributed by atoms with Crippen molar-refractivity contribution in [2.24, 2.45) is 5.92 Å². The van der Waals surface area contributed by atoms with E-state index in [4.69, 9.17) is 0 Å². The Morgan fingerprint density at radius 2 is 2.00 bits per heavy atom. The van der Waals surface area contributed by atoms with Gasteiger partial charge in [-0.2, -0.15) is 0 Å². The first-order valence-electron chi connectivity index (χ1n) is 6.16. The average Bonchev–Trinajstić information content (AvgIpc) is 2.28. The molecular weight excluding hydrogens is 230 g/mol. The molecule has 2 unspecified atom stereocenters. The maximum atomic E-state index is 10.8. The molecule has 0 saturated heterocycles. The minimum Gasteiger partial charge on any atom is -0.317 e. The third-order valence-corrected chi connectivity index (χ3v) is 3.35. The highest BCUT2D eigenvalue weighted by Gasteiger charge is 2.24. The highest BCUT2D eigenvalue weighted by Crippen LogP contribution is 2.29. The molecule has 1 rings (SSSR count). The Kier molecular flexibility index (Phi) is 4.78. The quantitative estimate of drug-likeness (QED) is 0.645. The van der Waals surface area contributed by atoms with Crippen LogP contribution in [-0.2, 0) is 0 Å². The van der Waals surface area contributed by atoms with Crippen molar-refractivity contribution < 1.29 is 4.92 Å². The van der Waals surface area contributed by atoms with Gasteiger partial charge in [0.05, 0.1) is 4.92 Å². The number of hydrogen-bond donors (Lipinski definition) is 1. The highest BCUT2D eigenvalue weighted by molar-refractivity contribution is 5.38. The molecule has 5 heteroatoms. The first-order chi connectivity index (χ1) is 8.38. The summed E-state index contributed by atoms with van der Waals surface area (Å²) in [6.07, 6.45) is 1.36. The molecule has 0 amide bonds. The van der Waals surface area contributed by atoms with Gasteiger partial charge in [0.15, 0.2) is 0 Å². The van der Waals surface area contributed by atoms with Crippen molar-refractivity contribution in [1.82, 2.24) is 10.3 Å². The van der Waals surface area contributed by atoms with E-state index >= 15 is 0 Å². The van der Waals surface area contributed by atoms with Crippen molar-refractivity contribution >= 4 is 5.69 Å². The lowest BCUT2D eigenvalue weighted by Crippen LogP contribution is -2.32. The lowest BCUT2D eigenvalue weighted by atomic mass is 9.85. The standard InChI is InChI=1S/C13H21N3O2/c1-8(2)13(10(4)14-5)11-6-9(3)12(7-15-11)16(17)18/h6-8,10,13-14H,1-5H3. The summed E-state index contributed by atoms with van der Waals surface area (Å²) in [5, 5.41) is 14.0. The first kappa shape index (κ1) is 14.6. The maximum absolute atomic E-state index is 10.8. The van der Waals surface area contributed by atoms with Crippen LogP contribution in [0.1, 0.15) is 37.9 Å². The molecule has 0 bridgehead atoms. The molecule has 1 aromatic heterocycles. The Morgan fingerprint density at radius 3 is 2.39 bits per heavy atom. The normalized spacial score (nSPS) is 14.6. The molecule has 18 heavy (non-hydrogen) atoms. The summed E-state index contributed by atoms with van der Waals surface area (Å²) in [6.45, 7) is 8.13. The van der Waals surface area contributed by atoms with E-state index in [0.29, 0.717) is 11.5 Å². The molecule has 1 heterocycles. The zero-order valence-electron chi connectivity index (χ0n) is 11.6.